The van der Waals surface area contributed by atoms with Gasteiger partial charge >= 0.3 is 0 Å². The van der Waals surface area contributed by atoms with Gasteiger partial charge in [-0.2, -0.15) is 0 Å². The number of hydrogen-bond donors (Lipinski definition) is 1. The van der Waals surface area contributed by atoms with E-state index >= 15 is 0 Å². The minimum absolute atomic E-state index is 1.06. The van der Waals surface area contributed by atoms with Crippen molar-refractivity contribution in [3.63, 3.8) is 0 Å². The van der Waals surface area contributed by atoms with E-state index in [1.165, 1.54) is 55.3 Å². The van der Waals surface area contributed by atoms with Crippen molar-refractivity contribution in [3.05, 3.63) is 132 Å². The second kappa shape index (κ2) is 8.83. The van der Waals surface area contributed by atoms with Gasteiger partial charge in [0.2, 0.25) is 0 Å². The molecule has 0 atom stereocenters. The third kappa shape index (κ3) is 3.73. The van der Waals surface area contributed by atoms with Gasteiger partial charge in [-0.1, -0.05) is 84.9 Å². The van der Waals surface area contributed by atoms with Crippen LogP contribution in [-0.2, 0) is 6.42 Å². The quantitative estimate of drug-likeness (QED) is 0.268. The van der Waals surface area contributed by atoms with Crippen molar-refractivity contribution in [1.82, 2.24) is 4.57 Å². The van der Waals surface area contributed by atoms with Crippen LogP contribution in [0.2, 0.25) is 0 Å². The maximum Gasteiger partial charge on any atom is 0.0539 e. The molecule has 0 amide bonds. The maximum absolute atomic E-state index is 3.75. The number of rotatable bonds is 4. The Bertz CT molecular complexity index is 1800. The van der Waals surface area contributed by atoms with Crippen molar-refractivity contribution in [2.75, 3.05) is 5.32 Å². The first-order valence-electron chi connectivity index (χ1n) is 13.0. The number of benzene rings is 5. The Labute approximate surface area is 217 Å². The summed E-state index contributed by atoms with van der Waals surface area (Å²) in [5.74, 6) is 0. The Balaban J connectivity index is 1.35. The van der Waals surface area contributed by atoms with E-state index in [1.807, 2.05) is 0 Å². The molecule has 0 saturated carbocycles. The fourth-order valence-electron chi connectivity index (χ4n) is 5.79. The van der Waals surface area contributed by atoms with E-state index in [1.54, 1.807) is 0 Å². The standard InChI is InChI=1S/C35H28N2/c1-24-10-9-13-27(22-24)37-34-17-8-7-16-31(34)32-23-26(18-21-35(32)37)36-33-20-19-28(25-11-3-2-4-12-25)29-14-5-6-15-30(29)33/h2-7,9-16,18-23,36H,8,17H2,1H3. The molecule has 7 rings (SSSR count). The Kier molecular flexibility index (Phi) is 5.18. The summed E-state index contributed by atoms with van der Waals surface area (Å²) < 4.78 is 2.45. The first-order valence-corrected chi connectivity index (χ1v) is 13.0. The Morgan fingerprint density at radius 2 is 1.54 bits per heavy atom. The topological polar surface area (TPSA) is 17.0 Å². The Morgan fingerprint density at radius 3 is 2.41 bits per heavy atom. The van der Waals surface area contributed by atoms with Crippen LogP contribution in [0.4, 0.5) is 11.4 Å². The number of aryl methyl sites for hydroxylation is 1. The smallest absolute Gasteiger partial charge is 0.0539 e. The molecule has 6 aromatic rings. The predicted molar refractivity (Wildman–Crippen MR) is 158 cm³/mol. The summed E-state index contributed by atoms with van der Waals surface area (Å²) in [5.41, 5.74) is 11.2. The first kappa shape index (κ1) is 21.7. The van der Waals surface area contributed by atoms with Crippen molar-refractivity contribution in [2.45, 2.75) is 19.8 Å². The number of fused-ring (bicyclic) bond motifs is 4. The SMILES string of the molecule is Cc1cccc(-n2c3c(c4cc(Nc5ccc(-c6ccccc6)c6ccccc56)ccc42)C=CCC3)c1. The molecular formula is C35H28N2. The molecule has 0 aliphatic heterocycles. The molecular weight excluding hydrogens is 448 g/mol. The second-order valence-corrected chi connectivity index (χ2v) is 9.91. The summed E-state index contributed by atoms with van der Waals surface area (Å²) in [5, 5.41) is 7.52. The Morgan fingerprint density at radius 1 is 0.703 bits per heavy atom. The third-order valence-corrected chi connectivity index (χ3v) is 7.49. The zero-order chi connectivity index (χ0) is 24.8. The molecule has 1 aliphatic carbocycles. The van der Waals surface area contributed by atoms with Crippen molar-refractivity contribution >= 4 is 39.1 Å². The lowest BCUT2D eigenvalue weighted by Crippen LogP contribution is -2.03. The molecule has 0 saturated heterocycles. The average Bonchev–Trinajstić information content (AvgIpc) is 3.27. The number of allylic oxidation sites excluding steroid dienone is 1. The highest BCUT2D eigenvalue weighted by Gasteiger charge is 2.19. The molecule has 5 aromatic carbocycles. The van der Waals surface area contributed by atoms with E-state index in [9.17, 15) is 0 Å². The first-order chi connectivity index (χ1) is 18.3. The molecule has 1 heterocycles. The predicted octanol–water partition coefficient (Wildman–Crippen LogP) is 9.46. The van der Waals surface area contributed by atoms with Gasteiger partial charge in [0.1, 0.15) is 0 Å². The molecule has 178 valence electrons. The van der Waals surface area contributed by atoms with Crippen LogP contribution in [0, 0.1) is 6.92 Å². The molecule has 0 spiro atoms. The minimum Gasteiger partial charge on any atom is -0.355 e. The molecule has 2 nitrogen and oxygen atoms in total. The van der Waals surface area contributed by atoms with Gasteiger partial charge in [0, 0.05) is 39.1 Å². The summed E-state index contributed by atoms with van der Waals surface area (Å²) in [4.78, 5) is 0. The highest BCUT2D eigenvalue weighted by Crippen LogP contribution is 2.38. The van der Waals surface area contributed by atoms with Gasteiger partial charge < -0.3 is 9.88 Å². The molecule has 1 aliphatic rings. The fraction of sp³-hybridized carbons (Fsp3) is 0.0857. The average molecular weight is 477 g/mol. The van der Waals surface area contributed by atoms with Crippen LogP contribution in [-0.4, -0.2) is 4.57 Å². The van der Waals surface area contributed by atoms with Gasteiger partial charge in [0.05, 0.1) is 5.52 Å². The van der Waals surface area contributed by atoms with E-state index in [2.05, 4.69) is 138 Å². The largest absolute Gasteiger partial charge is 0.355 e. The van der Waals surface area contributed by atoms with Gasteiger partial charge in [-0.25, -0.2) is 0 Å². The van der Waals surface area contributed by atoms with Crippen LogP contribution in [0.5, 0.6) is 0 Å². The molecule has 0 bridgehead atoms. The lowest BCUT2D eigenvalue weighted by Gasteiger charge is -2.14. The van der Waals surface area contributed by atoms with Gasteiger partial charge in [-0.05, 0) is 78.2 Å². The third-order valence-electron chi connectivity index (χ3n) is 7.49. The van der Waals surface area contributed by atoms with Crippen LogP contribution < -0.4 is 5.32 Å². The van der Waals surface area contributed by atoms with E-state index in [0.29, 0.717) is 0 Å². The van der Waals surface area contributed by atoms with Crippen molar-refractivity contribution < 1.29 is 0 Å². The van der Waals surface area contributed by atoms with Gasteiger partial charge in [-0.15, -0.1) is 0 Å². The van der Waals surface area contributed by atoms with Crippen molar-refractivity contribution in [2.24, 2.45) is 0 Å². The maximum atomic E-state index is 3.75. The molecule has 37 heavy (non-hydrogen) atoms. The Hall–Kier alpha value is -4.56. The van der Waals surface area contributed by atoms with Gasteiger partial charge in [-0.3, -0.25) is 0 Å². The van der Waals surface area contributed by atoms with Gasteiger partial charge in [0.25, 0.3) is 0 Å². The number of aromatic nitrogens is 1. The normalized spacial score (nSPS) is 12.7. The van der Waals surface area contributed by atoms with Gasteiger partial charge in [0.15, 0.2) is 0 Å². The zero-order valence-electron chi connectivity index (χ0n) is 20.9. The summed E-state index contributed by atoms with van der Waals surface area (Å²) in [6, 6.07) is 39.4. The highest BCUT2D eigenvalue weighted by atomic mass is 15.0. The van der Waals surface area contributed by atoms with E-state index < -0.39 is 0 Å². The molecule has 0 fully saturated rings. The van der Waals surface area contributed by atoms with E-state index in [4.69, 9.17) is 0 Å². The number of anilines is 2. The van der Waals surface area contributed by atoms with E-state index in [-0.39, 0.29) is 0 Å². The highest BCUT2D eigenvalue weighted by molar-refractivity contribution is 6.05. The molecule has 0 radical (unpaired) electrons. The van der Waals surface area contributed by atoms with Crippen LogP contribution in [0.25, 0.3) is 44.6 Å². The zero-order valence-corrected chi connectivity index (χ0v) is 20.9. The van der Waals surface area contributed by atoms with Crippen molar-refractivity contribution in [3.8, 4) is 16.8 Å². The fourth-order valence-corrected chi connectivity index (χ4v) is 5.79. The molecule has 0 unspecified atom stereocenters. The van der Waals surface area contributed by atoms with Crippen LogP contribution in [0.15, 0.2) is 115 Å². The minimum atomic E-state index is 1.06. The lowest BCUT2D eigenvalue weighted by molar-refractivity contribution is 0.888. The summed E-state index contributed by atoms with van der Waals surface area (Å²) in [7, 11) is 0. The monoisotopic (exact) mass is 476 g/mol. The lowest BCUT2D eigenvalue weighted by atomic mass is 9.97. The van der Waals surface area contributed by atoms with Crippen molar-refractivity contribution in [1.29, 1.82) is 0 Å². The number of nitrogens with one attached hydrogen (secondary N) is 1. The van der Waals surface area contributed by atoms with Crippen LogP contribution in [0.3, 0.4) is 0 Å². The summed E-state index contributed by atoms with van der Waals surface area (Å²) >= 11 is 0. The van der Waals surface area contributed by atoms with E-state index in [0.717, 1.165) is 24.2 Å². The summed E-state index contributed by atoms with van der Waals surface area (Å²) in [6.07, 6.45) is 6.75. The molecule has 1 N–H and O–H groups in total. The van der Waals surface area contributed by atoms with Crippen LogP contribution in [0.1, 0.15) is 23.2 Å². The summed E-state index contributed by atoms with van der Waals surface area (Å²) in [6.45, 7) is 2.16. The number of hydrogen-bond acceptors (Lipinski definition) is 1. The second-order valence-electron chi connectivity index (χ2n) is 9.91. The number of nitrogens with zero attached hydrogens (tertiary/aromatic N) is 1. The van der Waals surface area contributed by atoms with Crippen LogP contribution >= 0.6 is 0 Å². The molecule has 1 aromatic heterocycles. The molecule has 2 heteroatoms.